The van der Waals surface area contributed by atoms with Crippen molar-refractivity contribution in [3.05, 3.63) is 62.4 Å². The van der Waals surface area contributed by atoms with E-state index in [9.17, 15) is 14.9 Å². The van der Waals surface area contributed by atoms with Crippen molar-refractivity contribution >= 4 is 39.7 Å². The molecule has 2 heterocycles. The van der Waals surface area contributed by atoms with Gasteiger partial charge in [0, 0.05) is 29.3 Å². The van der Waals surface area contributed by atoms with Crippen LogP contribution in [0.3, 0.4) is 0 Å². The predicted octanol–water partition coefficient (Wildman–Crippen LogP) is 4.83. The molecule has 0 saturated carbocycles. The summed E-state index contributed by atoms with van der Waals surface area (Å²) in [6, 6.07) is 9.94. The molecule has 1 aliphatic rings. The fourth-order valence-corrected chi connectivity index (χ4v) is 5.82. The highest BCUT2D eigenvalue weighted by molar-refractivity contribution is 7.16. The Kier molecular flexibility index (Phi) is 8.34. The molecule has 35 heavy (non-hydrogen) atoms. The van der Waals surface area contributed by atoms with Gasteiger partial charge in [0.05, 0.1) is 18.7 Å². The summed E-state index contributed by atoms with van der Waals surface area (Å²) < 4.78 is 11.2. The van der Waals surface area contributed by atoms with E-state index in [1.54, 1.807) is 6.20 Å². The summed E-state index contributed by atoms with van der Waals surface area (Å²) >= 11 is 2.86. The number of carbonyl (C=O) groups is 2. The van der Waals surface area contributed by atoms with Gasteiger partial charge in [-0.25, -0.2) is 9.78 Å². The van der Waals surface area contributed by atoms with E-state index in [1.807, 2.05) is 36.6 Å². The Morgan fingerprint density at radius 3 is 2.94 bits per heavy atom. The minimum atomic E-state index is -0.480. The van der Waals surface area contributed by atoms with Gasteiger partial charge in [0.1, 0.15) is 27.9 Å². The number of amides is 2. The third-order valence-electron chi connectivity index (χ3n) is 5.62. The van der Waals surface area contributed by atoms with Crippen LogP contribution in [0.15, 0.2) is 35.8 Å². The number of alkyl carbamates (subject to hydrolysis) is 1. The number of nitrogens with one attached hydrogen (secondary N) is 2. The van der Waals surface area contributed by atoms with Gasteiger partial charge < -0.3 is 20.1 Å². The molecule has 1 unspecified atom stereocenters. The summed E-state index contributed by atoms with van der Waals surface area (Å²) in [5.41, 5.74) is 2.43. The van der Waals surface area contributed by atoms with Crippen LogP contribution >= 0.6 is 22.7 Å². The van der Waals surface area contributed by atoms with E-state index in [2.05, 4.69) is 21.7 Å². The first-order chi connectivity index (χ1) is 17.1. The Hall–Kier alpha value is -3.42. The highest BCUT2D eigenvalue weighted by Crippen LogP contribution is 2.38. The van der Waals surface area contributed by atoms with Crippen molar-refractivity contribution in [3.8, 4) is 11.8 Å². The molecule has 0 saturated heterocycles. The van der Waals surface area contributed by atoms with Gasteiger partial charge in [0.25, 0.3) is 0 Å². The molecule has 2 aromatic heterocycles. The van der Waals surface area contributed by atoms with E-state index < -0.39 is 6.09 Å². The monoisotopic (exact) mass is 510 g/mol. The van der Waals surface area contributed by atoms with E-state index in [4.69, 9.17) is 9.47 Å². The average molecular weight is 511 g/mol. The first kappa shape index (κ1) is 24.7. The van der Waals surface area contributed by atoms with Gasteiger partial charge in [0.2, 0.25) is 5.91 Å². The maximum Gasteiger partial charge on any atom is 0.407 e. The third-order valence-corrected chi connectivity index (χ3v) is 7.57. The standard InChI is InChI=1S/C25H26N4O4S2/c1-2-32-20-6-4-3-5-16(20)7-10-22(30)29-24-19(14-26)18-9-8-17(13-21(18)35-24)33-25(31)28-15-23-27-11-12-34-23/h3-6,11-12,17H,2,7-10,13,15H2,1H3,(H,28,31)(H,29,30). The number of ether oxygens (including phenoxy) is 2. The Bertz CT molecular complexity index is 1220. The van der Waals surface area contributed by atoms with Crippen molar-refractivity contribution in [1.82, 2.24) is 10.3 Å². The molecule has 2 N–H and O–H groups in total. The number of carbonyl (C=O) groups excluding carboxylic acids is 2. The lowest BCUT2D eigenvalue weighted by Crippen LogP contribution is -2.31. The molecule has 0 aliphatic heterocycles. The van der Waals surface area contributed by atoms with Crippen LogP contribution in [0, 0.1) is 11.3 Å². The van der Waals surface area contributed by atoms with E-state index >= 15 is 0 Å². The van der Waals surface area contributed by atoms with Gasteiger partial charge >= 0.3 is 6.09 Å². The number of fused-ring (bicyclic) bond motifs is 1. The van der Waals surface area contributed by atoms with Crippen LogP contribution in [0.5, 0.6) is 5.75 Å². The third kappa shape index (κ3) is 6.38. The average Bonchev–Trinajstić information content (AvgIpc) is 3.49. The van der Waals surface area contributed by atoms with E-state index in [1.165, 1.54) is 22.7 Å². The summed E-state index contributed by atoms with van der Waals surface area (Å²) in [6.07, 6.45) is 3.53. The van der Waals surface area contributed by atoms with Gasteiger partial charge in [0.15, 0.2) is 0 Å². The quantitative estimate of drug-likeness (QED) is 0.426. The van der Waals surface area contributed by atoms with Gasteiger partial charge in [-0.3, -0.25) is 4.79 Å². The molecule has 0 radical (unpaired) electrons. The van der Waals surface area contributed by atoms with Crippen LogP contribution in [0.1, 0.15) is 46.3 Å². The molecule has 0 spiro atoms. The number of aryl methyl sites for hydroxylation is 1. The topological polar surface area (TPSA) is 113 Å². The van der Waals surface area contributed by atoms with Crippen LogP contribution in [0.25, 0.3) is 0 Å². The van der Waals surface area contributed by atoms with Crippen LogP contribution in [0.2, 0.25) is 0 Å². The summed E-state index contributed by atoms with van der Waals surface area (Å²) in [5, 5.41) is 18.6. The maximum atomic E-state index is 12.7. The van der Waals surface area contributed by atoms with Crippen LogP contribution in [-0.4, -0.2) is 29.7 Å². The number of thiophene rings is 1. The second kappa shape index (κ2) is 11.8. The SMILES string of the molecule is CCOc1ccccc1CCC(=O)Nc1sc2c(c1C#N)CCC(OC(=O)NCc1nccs1)C2. The largest absolute Gasteiger partial charge is 0.494 e. The fourth-order valence-electron chi connectivity index (χ4n) is 3.99. The molecule has 2 amide bonds. The van der Waals surface area contributed by atoms with Gasteiger partial charge in [-0.1, -0.05) is 18.2 Å². The minimum Gasteiger partial charge on any atom is -0.494 e. The Morgan fingerprint density at radius 2 is 2.17 bits per heavy atom. The first-order valence-electron chi connectivity index (χ1n) is 11.4. The molecule has 8 nitrogen and oxygen atoms in total. The van der Waals surface area contributed by atoms with E-state index in [0.717, 1.165) is 26.8 Å². The van der Waals surface area contributed by atoms with Gasteiger partial charge in [-0.15, -0.1) is 22.7 Å². The second-order valence-corrected chi connectivity index (χ2v) is 10.0. The van der Waals surface area contributed by atoms with E-state index in [-0.39, 0.29) is 18.4 Å². The van der Waals surface area contributed by atoms with Crippen LogP contribution in [-0.2, 0) is 35.3 Å². The zero-order valence-corrected chi connectivity index (χ0v) is 21.0. The molecule has 1 atom stereocenters. The lowest BCUT2D eigenvalue weighted by Gasteiger charge is -2.22. The first-order valence-corrected chi connectivity index (χ1v) is 13.1. The minimum absolute atomic E-state index is 0.152. The molecule has 4 rings (SSSR count). The Labute approximate surface area is 211 Å². The predicted molar refractivity (Wildman–Crippen MR) is 135 cm³/mol. The summed E-state index contributed by atoms with van der Waals surface area (Å²) in [4.78, 5) is 30.0. The zero-order valence-electron chi connectivity index (χ0n) is 19.3. The number of aromatic nitrogens is 1. The van der Waals surface area contributed by atoms with Gasteiger partial charge in [-0.2, -0.15) is 5.26 Å². The summed E-state index contributed by atoms with van der Waals surface area (Å²) in [7, 11) is 0. The van der Waals surface area contributed by atoms with Crippen molar-refractivity contribution in [2.45, 2.75) is 51.7 Å². The lowest BCUT2D eigenvalue weighted by molar-refractivity contribution is -0.116. The maximum absolute atomic E-state index is 12.7. The summed E-state index contributed by atoms with van der Waals surface area (Å²) in [5.74, 6) is 0.634. The van der Waals surface area contributed by atoms with Crippen molar-refractivity contribution in [3.63, 3.8) is 0 Å². The van der Waals surface area contributed by atoms with Crippen molar-refractivity contribution in [1.29, 1.82) is 5.26 Å². The molecular formula is C25H26N4O4S2. The number of nitrogens with zero attached hydrogens (tertiary/aromatic N) is 2. The van der Waals surface area contributed by atoms with Crippen molar-refractivity contribution in [2.75, 3.05) is 11.9 Å². The van der Waals surface area contributed by atoms with Crippen molar-refractivity contribution < 1.29 is 19.1 Å². The number of hydrogen-bond donors (Lipinski definition) is 2. The number of hydrogen-bond acceptors (Lipinski definition) is 8. The van der Waals surface area contributed by atoms with Crippen LogP contribution < -0.4 is 15.4 Å². The number of benzene rings is 1. The molecule has 10 heteroatoms. The smallest absolute Gasteiger partial charge is 0.407 e. The summed E-state index contributed by atoms with van der Waals surface area (Å²) in [6.45, 7) is 2.82. The fraction of sp³-hybridized carbons (Fsp3) is 0.360. The highest BCUT2D eigenvalue weighted by Gasteiger charge is 2.28. The zero-order chi connectivity index (χ0) is 24.6. The number of thiazole rings is 1. The molecule has 1 aromatic carbocycles. The molecule has 3 aromatic rings. The molecule has 0 fully saturated rings. The van der Waals surface area contributed by atoms with Crippen LogP contribution in [0.4, 0.5) is 9.80 Å². The van der Waals surface area contributed by atoms with Crippen molar-refractivity contribution in [2.24, 2.45) is 0 Å². The van der Waals surface area contributed by atoms with E-state index in [0.29, 0.717) is 49.4 Å². The van der Waals surface area contributed by atoms with Gasteiger partial charge in [-0.05, 0) is 43.4 Å². The second-order valence-electron chi connectivity index (χ2n) is 7.96. The number of para-hydroxylation sites is 1. The highest BCUT2D eigenvalue weighted by atomic mass is 32.1. The molecular weight excluding hydrogens is 484 g/mol. The lowest BCUT2D eigenvalue weighted by atomic mass is 9.94. The normalized spacial score (nSPS) is 14.5. The molecule has 1 aliphatic carbocycles. The molecule has 0 bridgehead atoms. The number of nitriles is 1. The molecule has 182 valence electrons. The Balaban J connectivity index is 1.33. The Morgan fingerprint density at radius 1 is 1.31 bits per heavy atom. The number of rotatable bonds is 9. The number of anilines is 1.